The highest BCUT2D eigenvalue weighted by Gasteiger charge is 2.26. The lowest BCUT2D eigenvalue weighted by molar-refractivity contribution is -0.117. The third kappa shape index (κ3) is 3.13. The molecular formula is C15H17N3O4S. The van der Waals surface area contributed by atoms with Crippen LogP contribution in [0.1, 0.15) is 17.1 Å². The largest absolute Gasteiger partial charge is 0.449 e. The van der Waals surface area contributed by atoms with E-state index in [1.54, 1.807) is 26.1 Å². The van der Waals surface area contributed by atoms with Gasteiger partial charge in [0.2, 0.25) is 15.9 Å². The van der Waals surface area contributed by atoms with E-state index in [-0.39, 0.29) is 23.8 Å². The summed E-state index contributed by atoms with van der Waals surface area (Å²) in [6.45, 7) is 1.96. The number of carbonyl (C=O) groups is 1. The molecule has 7 nitrogen and oxygen atoms in total. The first-order valence-corrected chi connectivity index (χ1v) is 8.65. The molecule has 0 saturated heterocycles. The zero-order valence-corrected chi connectivity index (χ0v) is 13.7. The van der Waals surface area contributed by atoms with Crippen molar-refractivity contribution in [3.8, 4) is 0 Å². The van der Waals surface area contributed by atoms with Gasteiger partial charge in [-0.2, -0.15) is 0 Å². The number of rotatable bonds is 5. The first-order chi connectivity index (χ1) is 10.9. The van der Waals surface area contributed by atoms with E-state index in [4.69, 9.17) is 4.42 Å². The minimum Gasteiger partial charge on any atom is -0.449 e. The number of amides is 1. The molecule has 1 aliphatic rings. The molecular weight excluding hydrogens is 318 g/mol. The van der Waals surface area contributed by atoms with Crippen LogP contribution in [-0.4, -0.2) is 32.9 Å². The van der Waals surface area contributed by atoms with Crippen molar-refractivity contribution in [3.05, 3.63) is 41.6 Å². The molecule has 8 heteroatoms. The number of nitrogens with zero attached hydrogens (tertiary/aromatic N) is 2. The van der Waals surface area contributed by atoms with E-state index in [0.717, 1.165) is 11.3 Å². The summed E-state index contributed by atoms with van der Waals surface area (Å²) < 4.78 is 32.3. The van der Waals surface area contributed by atoms with E-state index in [1.807, 2.05) is 0 Å². The Bertz CT molecular complexity index is 857. The summed E-state index contributed by atoms with van der Waals surface area (Å²) >= 11 is 0. The fourth-order valence-corrected chi connectivity index (χ4v) is 3.62. The topological polar surface area (TPSA) is 92.5 Å². The molecule has 0 fully saturated rings. The van der Waals surface area contributed by atoms with E-state index in [9.17, 15) is 13.2 Å². The number of aryl methyl sites for hydroxylation is 1. The van der Waals surface area contributed by atoms with Crippen LogP contribution in [0, 0.1) is 6.92 Å². The highest BCUT2D eigenvalue weighted by Crippen LogP contribution is 2.29. The Morgan fingerprint density at radius 2 is 2.17 bits per heavy atom. The summed E-state index contributed by atoms with van der Waals surface area (Å²) in [7, 11) is -1.94. The summed E-state index contributed by atoms with van der Waals surface area (Å²) in [5.41, 5.74) is 2.19. The average molecular weight is 335 g/mol. The predicted octanol–water partition coefficient (Wildman–Crippen LogP) is 1.02. The Kier molecular flexibility index (Phi) is 3.95. The van der Waals surface area contributed by atoms with Crippen LogP contribution < -0.4 is 9.62 Å². The van der Waals surface area contributed by atoms with Crippen LogP contribution in [0.2, 0.25) is 0 Å². The van der Waals surface area contributed by atoms with Crippen molar-refractivity contribution >= 4 is 21.6 Å². The molecule has 1 aromatic carbocycles. The van der Waals surface area contributed by atoms with E-state index in [2.05, 4.69) is 9.71 Å². The van der Waals surface area contributed by atoms with Crippen molar-refractivity contribution in [2.24, 2.45) is 0 Å². The van der Waals surface area contributed by atoms with Crippen molar-refractivity contribution in [3.63, 3.8) is 0 Å². The summed E-state index contributed by atoms with van der Waals surface area (Å²) in [5.74, 6) is 0.513. The number of hydrogen-bond acceptors (Lipinski definition) is 5. The standard InChI is InChI=1S/C15H17N3O4S/c1-10-17-12(9-22-10)5-6-16-23(20,21)13-3-4-14-11(7-13)8-15(19)18(14)2/h3-4,7,9,16H,5-6,8H2,1-2H3. The number of benzene rings is 1. The maximum absolute atomic E-state index is 12.3. The van der Waals surface area contributed by atoms with Crippen molar-refractivity contribution in [1.82, 2.24) is 9.71 Å². The quantitative estimate of drug-likeness (QED) is 0.881. The van der Waals surface area contributed by atoms with Gasteiger partial charge in [-0.05, 0) is 23.8 Å². The lowest BCUT2D eigenvalue weighted by Gasteiger charge is -2.11. The molecule has 1 aliphatic heterocycles. The van der Waals surface area contributed by atoms with Gasteiger partial charge in [0.15, 0.2) is 5.89 Å². The molecule has 0 unspecified atom stereocenters. The van der Waals surface area contributed by atoms with Gasteiger partial charge in [-0.1, -0.05) is 0 Å². The number of aromatic nitrogens is 1. The van der Waals surface area contributed by atoms with Crippen molar-refractivity contribution in [1.29, 1.82) is 0 Å². The molecule has 0 aliphatic carbocycles. The van der Waals surface area contributed by atoms with Gasteiger partial charge in [0.05, 0.1) is 17.0 Å². The maximum Gasteiger partial charge on any atom is 0.240 e. The van der Waals surface area contributed by atoms with Crippen LogP contribution in [-0.2, 0) is 27.7 Å². The number of anilines is 1. The highest BCUT2D eigenvalue weighted by molar-refractivity contribution is 7.89. The Morgan fingerprint density at radius 1 is 1.39 bits per heavy atom. The second-order valence-corrected chi connectivity index (χ2v) is 7.19. The molecule has 3 rings (SSSR count). The minimum absolute atomic E-state index is 0.0380. The van der Waals surface area contributed by atoms with Gasteiger partial charge in [0.25, 0.3) is 0 Å². The van der Waals surface area contributed by atoms with Gasteiger partial charge in [-0.3, -0.25) is 4.79 Å². The third-order valence-corrected chi connectivity index (χ3v) is 5.24. The normalized spacial score (nSPS) is 14.3. The first kappa shape index (κ1) is 15.7. The monoisotopic (exact) mass is 335 g/mol. The molecule has 1 aromatic heterocycles. The number of nitrogens with one attached hydrogen (secondary N) is 1. The molecule has 0 bridgehead atoms. The Hall–Kier alpha value is -2.19. The maximum atomic E-state index is 12.3. The fourth-order valence-electron chi connectivity index (χ4n) is 2.53. The van der Waals surface area contributed by atoms with Crippen molar-refractivity contribution in [2.45, 2.75) is 24.7 Å². The van der Waals surface area contributed by atoms with E-state index in [1.165, 1.54) is 17.2 Å². The zero-order valence-electron chi connectivity index (χ0n) is 12.9. The molecule has 0 spiro atoms. The number of hydrogen-bond donors (Lipinski definition) is 1. The number of carbonyl (C=O) groups excluding carboxylic acids is 1. The molecule has 2 heterocycles. The van der Waals surface area contributed by atoms with Crippen LogP contribution in [0.15, 0.2) is 33.8 Å². The lowest BCUT2D eigenvalue weighted by atomic mass is 10.2. The molecule has 1 amide bonds. The van der Waals surface area contributed by atoms with E-state index >= 15 is 0 Å². The predicted molar refractivity (Wildman–Crippen MR) is 83.7 cm³/mol. The summed E-state index contributed by atoms with van der Waals surface area (Å²) in [6.07, 6.45) is 2.19. The van der Waals surface area contributed by atoms with Crippen LogP contribution in [0.25, 0.3) is 0 Å². The number of sulfonamides is 1. The molecule has 0 radical (unpaired) electrons. The van der Waals surface area contributed by atoms with Crippen molar-refractivity contribution in [2.75, 3.05) is 18.5 Å². The number of likely N-dealkylation sites (N-methyl/N-ethyl adjacent to an activating group) is 1. The van der Waals surface area contributed by atoms with Gasteiger partial charge in [0, 0.05) is 32.6 Å². The van der Waals surface area contributed by atoms with Gasteiger partial charge in [0.1, 0.15) is 6.26 Å². The van der Waals surface area contributed by atoms with Gasteiger partial charge < -0.3 is 9.32 Å². The van der Waals surface area contributed by atoms with Crippen LogP contribution >= 0.6 is 0 Å². The van der Waals surface area contributed by atoms with Crippen LogP contribution in [0.3, 0.4) is 0 Å². The Morgan fingerprint density at radius 3 is 2.87 bits per heavy atom. The molecule has 0 atom stereocenters. The van der Waals surface area contributed by atoms with E-state index < -0.39 is 10.0 Å². The van der Waals surface area contributed by atoms with Crippen LogP contribution in [0.5, 0.6) is 0 Å². The van der Waals surface area contributed by atoms with Gasteiger partial charge in [-0.15, -0.1) is 0 Å². The second-order valence-electron chi connectivity index (χ2n) is 5.43. The number of oxazole rings is 1. The minimum atomic E-state index is -3.62. The SMILES string of the molecule is Cc1nc(CCNS(=O)(=O)c2ccc3c(c2)CC(=O)N3C)co1. The summed E-state index contributed by atoms with van der Waals surface area (Å²) in [6, 6.07) is 4.73. The average Bonchev–Trinajstić information content (AvgIpc) is 3.03. The lowest BCUT2D eigenvalue weighted by Crippen LogP contribution is -2.26. The van der Waals surface area contributed by atoms with Crippen molar-refractivity contribution < 1.29 is 17.6 Å². The number of fused-ring (bicyclic) bond motifs is 1. The highest BCUT2D eigenvalue weighted by atomic mass is 32.2. The van der Waals surface area contributed by atoms with Crippen LogP contribution in [0.4, 0.5) is 5.69 Å². The summed E-state index contributed by atoms with van der Waals surface area (Å²) in [5, 5.41) is 0. The Labute approximate surface area is 134 Å². The van der Waals surface area contributed by atoms with Gasteiger partial charge in [-0.25, -0.2) is 18.1 Å². The molecule has 1 N–H and O–H groups in total. The molecule has 122 valence electrons. The second kappa shape index (κ2) is 5.78. The van der Waals surface area contributed by atoms with Gasteiger partial charge >= 0.3 is 0 Å². The smallest absolute Gasteiger partial charge is 0.240 e. The van der Waals surface area contributed by atoms with E-state index in [0.29, 0.717) is 18.0 Å². The molecule has 2 aromatic rings. The fraction of sp³-hybridized carbons (Fsp3) is 0.333. The Balaban J connectivity index is 1.70. The third-order valence-electron chi connectivity index (χ3n) is 3.78. The molecule has 23 heavy (non-hydrogen) atoms. The molecule has 0 saturated carbocycles. The first-order valence-electron chi connectivity index (χ1n) is 7.17. The summed E-state index contributed by atoms with van der Waals surface area (Å²) in [4.78, 5) is 17.5. The zero-order chi connectivity index (χ0) is 16.6.